The molecule has 0 heterocycles. The van der Waals surface area contributed by atoms with Crippen LogP contribution < -0.4 is 16.0 Å². The molecule has 0 spiro atoms. The van der Waals surface area contributed by atoms with Crippen LogP contribution >= 0.6 is 0 Å². The monoisotopic (exact) mass is 277 g/mol. The number of hydrogen-bond acceptors (Lipinski definition) is 3. The topological polar surface area (TPSA) is 70.2 Å². The Labute approximate surface area is 120 Å². The van der Waals surface area contributed by atoms with Gasteiger partial charge in [-0.15, -0.1) is 0 Å². The minimum absolute atomic E-state index is 0.0127. The first-order valence-corrected chi connectivity index (χ1v) is 7.00. The van der Waals surface area contributed by atoms with Gasteiger partial charge in [0.1, 0.15) is 0 Å². The van der Waals surface area contributed by atoms with Crippen LogP contribution in [0.4, 0.5) is 11.4 Å². The normalized spacial score (nSPS) is 10.1. The van der Waals surface area contributed by atoms with Crippen molar-refractivity contribution >= 4 is 23.2 Å². The van der Waals surface area contributed by atoms with Crippen LogP contribution in [0.2, 0.25) is 0 Å². The number of nitrogens with one attached hydrogen (secondary N) is 3. The van der Waals surface area contributed by atoms with Crippen LogP contribution in [0.25, 0.3) is 0 Å². The molecule has 2 amide bonds. The maximum absolute atomic E-state index is 11.7. The van der Waals surface area contributed by atoms with Gasteiger partial charge in [0.15, 0.2) is 0 Å². The molecule has 0 aliphatic rings. The van der Waals surface area contributed by atoms with Crippen molar-refractivity contribution in [1.82, 2.24) is 5.32 Å². The van der Waals surface area contributed by atoms with Gasteiger partial charge in [-0.3, -0.25) is 9.59 Å². The van der Waals surface area contributed by atoms with E-state index in [0.717, 1.165) is 30.8 Å². The van der Waals surface area contributed by atoms with Gasteiger partial charge < -0.3 is 16.0 Å². The van der Waals surface area contributed by atoms with E-state index < -0.39 is 0 Å². The van der Waals surface area contributed by atoms with Crippen LogP contribution in [0.15, 0.2) is 24.3 Å². The maximum Gasteiger partial charge on any atom is 0.225 e. The Kier molecular flexibility index (Phi) is 7.35. The number of carbonyl (C=O) groups is 2. The minimum Gasteiger partial charge on any atom is -0.326 e. The number of rotatable bonds is 8. The third-order valence-corrected chi connectivity index (χ3v) is 2.72. The number of unbranched alkanes of at least 4 members (excludes halogenated alkanes) is 1. The first-order chi connectivity index (χ1) is 9.61. The molecule has 0 saturated carbocycles. The molecular weight excluding hydrogens is 254 g/mol. The minimum atomic E-state index is -0.111. The summed E-state index contributed by atoms with van der Waals surface area (Å²) in [5.74, 6) is -0.124. The zero-order valence-corrected chi connectivity index (χ0v) is 12.2. The largest absolute Gasteiger partial charge is 0.326 e. The van der Waals surface area contributed by atoms with Gasteiger partial charge in [0.25, 0.3) is 0 Å². The standard InChI is InChI=1S/C15H23N3O2/c1-3-4-10-16-11-9-15(20)18-14-7-5-13(6-8-14)17-12(2)19/h5-8,16H,3-4,9-11H2,1-2H3,(H,17,19)(H,18,20). The summed E-state index contributed by atoms with van der Waals surface area (Å²) in [5, 5.41) is 8.72. The van der Waals surface area contributed by atoms with Crippen molar-refractivity contribution in [3.05, 3.63) is 24.3 Å². The second-order valence-electron chi connectivity index (χ2n) is 4.66. The molecule has 1 aromatic carbocycles. The lowest BCUT2D eigenvalue weighted by Gasteiger charge is -2.07. The summed E-state index contributed by atoms with van der Waals surface area (Å²) < 4.78 is 0. The zero-order valence-electron chi connectivity index (χ0n) is 12.2. The molecule has 5 nitrogen and oxygen atoms in total. The quantitative estimate of drug-likeness (QED) is 0.639. The van der Waals surface area contributed by atoms with Crippen LogP contribution in [-0.2, 0) is 9.59 Å². The molecule has 1 rings (SSSR count). The smallest absolute Gasteiger partial charge is 0.225 e. The number of hydrogen-bond donors (Lipinski definition) is 3. The molecule has 0 fully saturated rings. The van der Waals surface area contributed by atoms with Crippen molar-refractivity contribution in [2.24, 2.45) is 0 Å². The van der Waals surface area contributed by atoms with Gasteiger partial charge in [-0.1, -0.05) is 13.3 Å². The number of anilines is 2. The van der Waals surface area contributed by atoms with Gasteiger partial charge >= 0.3 is 0 Å². The van der Waals surface area contributed by atoms with Gasteiger partial charge in [-0.05, 0) is 37.2 Å². The SMILES string of the molecule is CCCCNCCC(=O)Nc1ccc(NC(C)=O)cc1. The van der Waals surface area contributed by atoms with E-state index in [1.54, 1.807) is 24.3 Å². The van der Waals surface area contributed by atoms with Crippen molar-refractivity contribution in [1.29, 1.82) is 0 Å². The fourth-order valence-electron chi connectivity index (χ4n) is 1.69. The van der Waals surface area contributed by atoms with Crippen LogP contribution in [0, 0.1) is 0 Å². The van der Waals surface area contributed by atoms with E-state index >= 15 is 0 Å². The summed E-state index contributed by atoms with van der Waals surface area (Å²) in [6, 6.07) is 7.06. The Morgan fingerprint density at radius 2 is 1.60 bits per heavy atom. The Hall–Kier alpha value is -1.88. The molecule has 0 radical (unpaired) electrons. The highest BCUT2D eigenvalue weighted by atomic mass is 16.2. The van der Waals surface area contributed by atoms with E-state index in [1.165, 1.54) is 6.92 Å². The molecular formula is C15H23N3O2. The lowest BCUT2D eigenvalue weighted by molar-refractivity contribution is -0.116. The number of benzene rings is 1. The lowest BCUT2D eigenvalue weighted by atomic mass is 10.2. The Balaban J connectivity index is 2.29. The molecule has 1 aromatic rings. The van der Waals surface area contributed by atoms with Crippen LogP contribution in [0.5, 0.6) is 0 Å². The highest BCUT2D eigenvalue weighted by Crippen LogP contribution is 2.13. The van der Waals surface area contributed by atoms with E-state index in [9.17, 15) is 9.59 Å². The van der Waals surface area contributed by atoms with Crippen molar-refractivity contribution in [3.63, 3.8) is 0 Å². The highest BCUT2D eigenvalue weighted by molar-refractivity contribution is 5.92. The molecule has 0 saturated heterocycles. The third-order valence-electron chi connectivity index (χ3n) is 2.72. The molecule has 0 aromatic heterocycles. The highest BCUT2D eigenvalue weighted by Gasteiger charge is 2.02. The fourth-order valence-corrected chi connectivity index (χ4v) is 1.69. The summed E-state index contributed by atoms with van der Waals surface area (Å²) >= 11 is 0. The summed E-state index contributed by atoms with van der Waals surface area (Å²) in [6.45, 7) is 5.24. The summed E-state index contributed by atoms with van der Waals surface area (Å²) in [7, 11) is 0. The molecule has 5 heteroatoms. The van der Waals surface area contributed by atoms with E-state index in [4.69, 9.17) is 0 Å². The summed E-state index contributed by atoms with van der Waals surface area (Å²) in [6.07, 6.45) is 2.74. The van der Waals surface area contributed by atoms with Crippen molar-refractivity contribution in [2.45, 2.75) is 33.1 Å². The Morgan fingerprint density at radius 1 is 1.00 bits per heavy atom. The number of carbonyl (C=O) groups excluding carboxylic acids is 2. The molecule has 0 atom stereocenters. The van der Waals surface area contributed by atoms with Crippen LogP contribution in [0.3, 0.4) is 0 Å². The maximum atomic E-state index is 11.7. The van der Waals surface area contributed by atoms with E-state index in [-0.39, 0.29) is 11.8 Å². The molecule has 20 heavy (non-hydrogen) atoms. The van der Waals surface area contributed by atoms with Crippen LogP contribution in [0.1, 0.15) is 33.1 Å². The lowest BCUT2D eigenvalue weighted by Crippen LogP contribution is -2.22. The first kappa shape index (κ1) is 16.2. The van der Waals surface area contributed by atoms with E-state index in [2.05, 4.69) is 22.9 Å². The molecule has 0 aliphatic heterocycles. The van der Waals surface area contributed by atoms with Crippen molar-refractivity contribution < 1.29 is 9.59 Å². The third kappa shape index (κ3) is 6.89. The molecule has 110 valence electrons. The van der Waals surface area contributed by atoms with Crippen molar-refractivity contribution in [2.75, 3.05) is 23.7 Å². The number of amides is 2. The second-order valence-corrected chi connectivity index (χ2v) is 4.66. The van der Waals surface area contributed by atoms with Crippen molar-refractivity contribution in [3.8, 4) is 0 Å². The molecule has 0 bridgehead atoms. The zero-order chi connectivity index (χ0) is 14.8. The van der Waals surface area contributed by atoms with Gasteiger partial charge in [0.05, 0.1) is 0 Å². The van der Waals surface area contributed by atoms with Gasteiger partial charge in [0, 0.05) is 31.3 Å². The first-order valence-electron chi connectivity index (χ1n) is 7.00. The van der Waals surface area contributed by atoms with E-state index in [0.29, 0.717) is 13.0 Å². The fraction of sp³-hybridized carbons (Fsp3) is 0.467. The van der Waals surface area contributed by atoms with Gasteiger partial charge in [0.2, 0.25) is 11.8 Å². The van der Waals surface area contributed by atoms with Gasteiger partial charge in [-0.2, -0.15) is 0 Å². The van der Waals surface area contributed by atoms with Crippen LogP contribution in [-0.4, -0.2) is 24.9 Å². The Morgan fingerprint density at radius 3 is 2.15 bits per heavy atom. The van der Waals surface area contributed by atoms with E-state index in [1.807, 2.05) is 0 Å². The summed E-state index contributed by atoms with van der Waals surface area (Å²) in [4.78, 5) is 22.6. The predicted octanol–water partition coefficient (Wildman–Crippen LogP) is 2.36. The Bertz CT molecular complexity index is 429. The second kappa shape index (κ2) is 9.09. The predicted molar refractivity (Wildman–Crippen MR) is 81.8 cm³/mol. The average Bonchev–Trinajstić information content (AvgIpc) is 2.40. The average molecular weight is 277 g/mol. The molecule has 0 aliphatic carbocycles. The molecule has 3 N–H and O–H groups in total. The molecule has 0 unspecified atom stereocenters. The summed E-state index contributed by atoms with van der Waals surface area (Å²) in [5.41, 5.74) is 1.45. The van der Waals surface area contributed by atoms with Gasteiger partial charge in [-0.25, -0.2) is 0 Å².